The molecule has 1 N–H and O–H groups in total. The molecule has 146 valence electrons. The zero-order chi connectivity index (χ0) is 20.2. The second kappa shape index (κ2) is 8.18. The number of fused-ring (bicyclic) bond motifs is 1. The molecular weight excluding hydrogens is 368 g/mol. The van der Waals surface area contributed by atoms with Crippen molar-refractivity contribution in [2.45, 2.75) is 31.7 Å². The predicted molar refractivity (Wildman–Crippen MR) is 108 cm³/mol. The number of para-hydroxylation sites is 1. The number of carboxylic acid groups (broad SMARTS) is 1. The minimum Gasteiger partial charge on any atom is -0.481 e. The number of hydrogen-bond donors (Lipinski definition) is 1. The molecule has 4 rings (SSSR count). The maximum atomic E-state index is 12.9. The standard InChI is InChI=1S/C22H20N4O3/c27-20(10-5-11-21(28)29)26-19(14-18(25-26)15-6-2-1-3-7-15)16-8-4-9-17-22(16)24-13-12-23-17/h1-4,6-9,12-13,19H,5,10-11,14H2,(H,28,29)/t19-/m1/s1. The summed E-state index contributed by atoms with van der Waals surface area (Å²) in [6.07, 6.45) is 4.21. The first-order chi connectivity index (χ1) is 14.1. The minimum absolute atomic E-state index is 0.0424. The molecule has 2 aromatic carbocycles. The van der Waals surface area contributed by atoms with Crippen LogP contribution in [-0.2, 0) is 9.59 Å². The Bertz CT molecular complexity index is 1080. The van der Waals surface area contributed by atoms with Crippen LogP contribution in [-0.4, -0.2) is 37.7 Å². The fraction of sp³-hybridized carbons (Fsp3) is 0.227. The van der Waals surface area contributed by atoms with E-state index in [4.69, 9.17) is 5.11 Å². The van der Waals surface area contributed by atoms with Crippen LogP contribution < -0.4 is 0 Å². The summed E-state index contributed by atoms with van der Waals surface area (Å²) in [6, 6.07) is 15.2. The molecule has 7 heteroatoms. The summed E-state index contributed by atoms with van der Waals surface area (Å²) in [6.45, 7) is 0. The third-order valence-corrected chi connectivity index (χ3v) is 4.94. The van der Waals surface area contributed by atoms with Gasteiger partial charge in [-0.3, -0.25) is 19.6 Å². The van der Waals surface area contributed by atoms with E-state index < -0.39 is 5.97 Å². The fourth-order valence-corrected chi connectivity index (χ4v) is 3.58. The SMILES string of the molecule is O=C(O)CCCC(=O)N1N=C(c2ccccc2)C[C@@H]1c1cccc2nccnc12. The van der Waals surface area contributed by atoms with Crippen LogP contribution in [0.4, 0.5) is 0 Å². The smallest absolute Gasteiger partial charge is 0.303 e. The van der Waals surface area contributed by atoms with Crippen LogP contribution in [0.1, 0.15) is 42.9 Å². The van der Waals surface area contributed by atoms with Gasteiger partial charge < -0.3 is 5.11 Å². The highest BCUT2D eigenvalue weighted by atomic mass is 16.4. The average molecular weight is 388 g/mol. The van der Waals surface area contributed by atoms with E-state index in [1.165, 1.54) is 5.01 Å². The molecule has 2 heterocycles. The number of carbonyl (C=O) groups excluding carboxylic acids is 1. The number of hydrogen-bond acceptors (Lipinski definition) is 5. The number of carboxylic acids is 1. The van der Waals surface area contributed by atoms with Gasteiger partial charge in [-0.1, -0.05) is 42.5 Å². The maximum absolute atomic E-state index is 12.9. The van der Waals surface area contributed by atoms with Crippen molar-refractivity contribution in [3.05, 3.63) is 72.1 Å². The number of benzene rings is 2. The van der Waals surface area contributed by atoms with E-state index in [0.717, 1.165) is 27.9 Å². The number of hydrazone groups is 1. The molecule has 0 bridgehead atoms. The average Bonchev–Trinajstić information content (AvgIpc) is 3.19. The first-order valence-electron chi connectivity index (χ1n) is 9.50. The zero-order valence-electron chi connectivity index (χ0n) is 15.7. The van der Waals surface area contributed by atoms with Crippen molar-refractivity contribution in [3.8, 4) is 0 Å². The molecule has 0 saturated carbocycles. The molecule has 29 heavy (non-hydrogen) atoms. The van der Waals surface area contributed by atoms with Gasteiger partial charge >= 0.3 is 5.97 Å². The normalized spacial score (nSPS) is 16.1. The molecule has 1 aliphatic heterocycles. The van der Waals surface area contributed by atoms with Gasteiger partial charge in [-0.15, -0.1) is 0 Å². The monoisotopic (exact) mass is 388 g/mol. The molecule has 1 amide bonds. The summed E-state index contributed by atoms with van der Waals surface area (Å²) >= 11 is 0. The van der Waals surface area contributed by atoms with Gasteiger partial charge in [0.2, 0.25) is 5.91 Å². The zero-order valence-corrected chi connectivity index (χ0v) is 15.7. The Kier molecular flexibility index (Phi) is 5.29. The van der Waals surface area contributed by atoms with Crippen LogP contribution in [0.2, 0.25) is 0 Å². The largest absolute Gasteiger partial charge is 0.481 e. The Balaban J connectivity index is 1.69. The predicted octanol–water partition coefficient (Wildman–Crippen LogP) is 3.56. The molecule has 1 aromatic heterocycles. The lowest BCUT2D eigenvalue weighted by molar-refractivity contribution is -0.137. The van der Waals surface area contributed by atoms with Gasteiger partial charge in [0.05, 0.1) is 22.8 Å². The van der Waals surface area contributed by atoms with Gasteiger partial charge in [-0.2, -0.15) is 5.10 Å². The summed E-state index contributed by atoms with van der Waals surface area (Å²) in [5.41, 5.74) is 4.17. The molecule has 0 saturated heterocycles. The molecule has 0 fully saturated rings. The van der Waals surface area contributed by atoms with Gasteiger partial charge in [0, 0.05) is 37.2 Å². The van der Waals surface area contributed by atoms with Gasteiger partial charge in [0.1, 0.15) is 0 Å². The summed E-state index contributed by atoms with van der Waals surface area (Å²) in [7, 11) is 0. The molecular formula is C22H20N4O3. The molecule has 0 radical (unpaired) electrons. The number of aromatic nitrogens is 2. The van der Waals surface area contributed by atoms with Crippen molar-refractivity contribution in [3.63, 3.8) is 0 Å². The number of carbonyl (C=O) groups is 2. The van der Waals surface area contributed by atoms with E-state index in [-0.39, 0.29) is 31.2 Å². The number of amides is 1. The van der Waals surface area contributed by atoms with Crippen LogP contribution >= 0.6 is 0 Å². The van der Waals surface area contributed by atoms with Crippen molar-refractivity contribution < 1.29 is 14.7 Å². The molecule has 3 aromatic rings. The van der Waals surface area contributed by atoms with Gasteiger partial charge in [0.25, 0.3) is 0 Å². The van der Waals surface area contributed by atoms with Crippen LogP contribution in [0, 0.1) is 0 Å². The van der Waals surface area contributed by atoms with Crippen LogP contribution in [0.3, 0.4) is 0 Å². The van der Waals surface area contributed by atoms with E-state index >= 15 is 0 Å². The van der Waals surface area contributed by atoms with Crippen LogP contribution in [0.5, 0.6) is 0 Å². The highest BCUT2D eigenvalue weighted by Gasteiger charge is 2.34. The Hall–Kier alpha value is -3.61. The summed E-state index contributed by atoms with van der Waals surface area (Å²) in [5.74, 6) is -1.10. The van der Waals surface area contributed by atoms with Gasteiger partial charge in [-0.05, 0) is 18.1 Å². The topological polar surface area (TPSA) is 95.8 Å². The number of rotatable bonds is 6. The van der Waals surface area contributed by atoms with Crippen molar-refractivity contribution in [2.75, 3.05) is 0 Å². The van der Waals surface area contributed by atoms with E-state index in [0.29, 0.717) is 6.42 Å². The van der Waals surface area contributed by atoms with Crippen molar-refractivity contribution in [1.29, 1.82) is 0 Å². The van der Waals surface area contributed by atoms with Crippen molar-refractivity contribution in [2.24, 2.45) is 5.10 Å². The van der Waals surface area contributed by atoms with Crippen molar-refractivity contribution in [1.82, 2.24) is 15.0 Å². The molecule has 7 nitrogen and oxygen atoms in total. The first-order valence-corrected chi connectivity index (χ1v) is 9.50. The van der Waals surface area contributed by atoms with Crippen LogP contribution in [0.25, 0.3) is 11.0 Å². The molecule has 1 aliphatic rings. The quantitative estimate of drug-likeness (QED) is 0.696. The second-order valence-electron chi connectivity index (χ2n) is 6.89. The first kappa shape index (κ1) is 18.7. The maximum Gasteiger partial charge on any atom is 0.303 e. The van der Waals surface area contributed by atoms with E-state index in [1.54, 1.807) is 12.4 Å². The Morgan fingerprint density at radius 3 is 2.59 bits per heavy atom. The van der Waals surface area contributed by atoms with Crippen LogP contribution in [0.15, 0.2) is 66.0 Å². The summed E-state index contributed by atoms with van der Waals surface area (Å²) in [4.78, 5) is 32.6. The molecule has 0 unspecified atom stereocenters. The fourth-order valence-electron chi connectivity index (χ4n) is 3.58. The molecule has 1 atom stereocenters. The highest BCUT2D eigenvalue weighted by molar-refractivity contribution is 6.03. The van der Waals surface area contributed by atoms with Gasteiger partial charge in [-0.25, -0.2) is 5.01 Å². The van der Waals surface area contributed by atoms with Gasteiger partial charge in [0.15, 0.2) is 0 Å². The molecule has 0 aliphatic carbocycles. The lowest BCUT2D eigenvalue weighted by Gasteiger charge is -2.22. The van der Waals surface area contributed by atoms with E-state index in [1.807, 2.05) is 48.5 Å². The number of aliphatic carboxylic acids is 1. The summed E-state index contributed by atoms with van der Waals surface area (Å²) in [5, 5.41) is 15.0. The Labute approximate surface area is 167 Å². The van der Waals surface area contributed by atoms with E-state index in [9.17, 15) is 9.59 Å². The minimum atomic E-state index is -0.909. The lowest BCUT2D eigenvalue weighted by Crippen LogP contribution is -2.27. The highest BCUT2D eigenvalue weighted by Crippen LogP contribution is 2.36. The Morgan fingerprint density at radius 1 is 1.00 bits per heavy atom. The second-order valence-corrected chi connectivity index (χ2v) is 6.89. The summed E-state index contributed by atoms with van der Waals surface area (Å²) < 4.78 is 0. The van der Waals surface area contributed by atoms with Crippen molar-refractivity contribution >= 4 is 28.6 Å². The molecule has 0 spiro atoms. The third kappa shape index (κ3) is 3.99. The Morgan fingerprint density at radius 2 is 1.79 bits per heavy atom. The van der Waals surface area contributed by atoms with E-state index in [2.05, 4.69) is 15.1 Å². The third-order valence-electron chi connectivity index (χ3n) is 4.94. The number of nitrogens with zero attached hydrogens (tertiary/aromatic N) is 4. The lowest BCUT2D eigenvalue weighted by atomic mass is 9.97.